The van der Waals surface area contributed by atoms with E-state index in [2.05, 4.69) is 26.2 Å². The lowest BCUT2D eigenvalue weighted by atomic mass is 10.1. The summed E-state index contributed by atoms with van der Waals surface area (Å²) in [5.41, 5.74) is 3.19. The van der Waals surface area contributed by atoms with E-state index in [1.165, 1.54) is 0 Å². The number of halogens is 1. The van der Waals surface area contributed by atoms with Gasteiger partial charge in [-0.25, -0.2) is 0 Å². The van der Waals surface area contributed by atoms with Crippen LogP contribution in [0.25, 0.3) is 0 Å². The van der Waals surface area contributed by atoms with Gasteiger partial charge in [0, 0.05) is 5.69 Å². The Morgan fingerprint density at radius 2 is 1.63 bits per heavy atom. The minimum atomic E-state index is 0. The van der Waals surface area contributed by atoms with Gasteiger partial charge in [0.2, 0.25) is 0 Å². The normalized spacial score (nSPS) is 10.8. The van der Waals surface area contributed by atoms with Crippen LogP contribution in [0, 0.1) is 13.8 Å². The van der Waals surface area contributed by atoms with Crippen LogP contribution < -0.4 is 29.3 Å². The maximum Gasteiger partial charge on any atom is 0.279 e. The molecule has 108 valence electrons. The van der Waals surface area contributed by atoms with Crippen molar-refractivity contribution in [1.29, 1.82) is 0 Å². The Labute approximate surface area is 134 Å². The molecule has 0 unspecified atom stereocenters. The molecule has 19 heavy (non-hydrogen) atoms. The summed E-state index contributed by atoms with van der Waals surface area (Å²) in [6.07, 6.45) is 0. The predicted octanol–water partition coefficient (Wildman–Crippen LogP) is -0.268. The maximum atomic E-state index is 12.1. The Morgan fingerprint density at radius 1 is 1.16 bits per heavy atom. The molecule has 0 heterocycles. The molecular weight excluding hydrogens is 351 g/mol. The van der Waals surface area contributed by atoms with E-state index in [-0.39, 0.29) is 29.9 Å². The van der Waals surface area contributed by atoms with Crippen LogP contribution in [0.4, 0.5) is 5.69 Å². The van der Waals surface area contributed by atoms with Gasteiger partial charge >= 0.3 is 0 Å². The maximum absolute atomic E-state index is 12.1. The Bertz CT molecular complexity index is 408. The van der Waals surface area contributed by atoms with Crippen LogP contribution in [0.15, 0.2) is 18.2 Å². The van der Waals surface area contributed by atoms with Crippen molar-refractivity contribution in [1.82, 2.24) is 0 Å². The van der Waals surface area contributed by atoms with Crippen molar-refractivity contribution in [3.8, 4) is 0 Å². The zero-order chi connectivity index (χ0) is 13.8. The fourth-order valence-corrected chi connectivity index (χ4v) is 1.98. The molecule has 0 bridgehead atoms. The largest absolute Gasteiger partial charge is 1.00 e. The van der Waals surface area contributed by atoms with Crippen LogP contribution in [0.1, 0.15) is 25.0 Å². The van der Waals surface area contributed by atoms with Crippen molar-refractivity contribution in [3.05, 3.63) is 29.3 Å². The number of hydrogen-bond donors (Lipinski definition) is 1. The number of carbonyl (C=O) groups excluding carboxylic acids is 1. The summed E-state index contributed by atoms with van der Waals surface area (Å²) in [6.45, 7) is 10.8. The highest BCUT2D eigenvalue weighted by Crippen LogP contribution is 2.19. The highest BCUT2D eigenvalue weighted by molar-refractivity contribution is 5.93. The number of carbonyl (C=O) groups is 1. The Morgan fingerprint density at radius 3 is 2.05 bits per heavy atom. The van der Waals surface area contributed by atoms with E-state index in [4.69, 9.17) is 0 Å². The Kier molecular flexibility index (Phi) is 7.59. The van der Waals surface area contributed by atoms with E-state index in [9.17, 15) is 4.79 Å². The summed E-state index contributed by atoms with van der Waals surface area (Å²) in [4.78, 5) is 12.1. The van der Waals surface area contributed by atoms with Gasteiger partial charge in [-0.15, -0.1) is 0 Å². The van der Waals surface area contributed by atoms with E-state index in [0.29, 0.717) is 6.54 Å². The fourth-order valence-electron chi connectivity index (χ4n) is 1.98. The minimum absolute atomic E-state index is 0. The highest BCUT2D eigenvalue weighted by atomic mass is 127. The van der Waals surface area contributed by atoms with E-state index < -0.39 is 0 Å². The van der Waals surface area contributed by atoms with Crippen LogP contribution in [-0.4, -0.2) is 37.1 Å². The second-order valence-corrected chi connectivity index (χ2v) is 5.23. The lowest BCUT2D eigenvalue weighted by Gasteiger charge is -2.31. The molecule has 0 aromatic heterocycles. The topological polar surface area (TPSA) is 29.1 Å². The predicted molar refractivity (Wildman–Crippen MR) is 76.7 cm³/mol. The van der Waals surface area contributed by atoms with Crippen molar-refractivity contribution in [2.75, 3.05) is 32.0 Å². The lowest BCUT2D eigenvalue weighted by molar-refractivity contribution is -0.898. The lowest BCUT2D eigenvalue weighted by Crippen LogP contribution is -3.00. The van der Waals surface area contributed by atoms with Gasteiger partial charge in [-0.2, -0.15) is 0 Å². The van der Waals surface area contributed by atoms with Gasteiger partial charge in [0.15, 0.2) is 6.54 Å². The first-order valence-electron chi connectivity index (χ1n) is 6.61. The van der Waals surface area contributed by atoms with Crippen LogP contribution in [0.3, 0.4) is 0 Å². The Balaban J connectivity index is 0.00000324. The number of para-hydroxylation sites is 1. The molecule has 1 aromatic carbocycles. The van der Waals surface area contributed by atoms with Crippen molar-refractivity contribution >= 4 is 11.6 Å². The summed E-state index contributed by atoms with van der Waals surface area (Å²) < 4.78 is 0.775. The third-order valence-corrected chi connectivity index (χ3v) is 3.80. The zero-order valence-corrected chi connectivity index (χ0v) is 14.7. The first-order valence-corrected chi connectivity index (χ1v) is 6.61. The molecule has 1 aromatic rings. The average Bonchev–Trinajstić information content (AvgIpc) is 2.34. The van der Waals surface area contributed by atoms with Crippen molar-refractivity contribution in [2.24, 2.45) is 0 Å². The molecule has 0 fully saturated rings. The number of quaternary nitrogens is 1. The molecule has 0 aliphatic heterocycles. The van der Waals surface area contributed by atoms with E-state index in [1.54, 1.807) is 0 Å². The SMILES string of the molecule is CC[N+](C)(CC)CC(=O)Nc1c(C)cccc1C.[I-]. The molecule has 0 radical (unpaired) electrons. The molecule has 0 spiro atoms. The molecule has 1 N–H and O–H groups in total. The summed E-state index contributed by atoms with van der Waals surface area (Å²) in [5, 5.41) is 3.05. The van der Waals surface area contributed by atoms with E-state index in [1.807, 2.05) is 32.0 Å². The minimum Gasteiger partial charge on any atom is -1.00 e. The molecule has 0 saturated heterocycles. The van der Waals surface area contributed by atoms with Gasteiger partial charge < -0.3 is 33.8 Å². The van der Waals surface area contributed by atoms with Crippen molar-refractivity contribution in [2.45, 2.75) is 27.7 Å². The standard InChI is InChI=1S/C15H24N2O.HI/c1-6-17(5,7-2)11-14(18)16-15-12(3)9-8-10-13(15)4;/h8-10H,6-7,11H2,1-5H3;1H. The smallest absolute Gasteiger partial charge is 0.279 e. The second kappa shape index (κ2) is 7.85. The van der Waals surface area contributed by atoms with Gasteiger partial charge in [-0.05, 0) is 38.8 Å². The number of nitrogens with zero attached hydrogens (tertiary/aromatic N) is 1. The van der Waals surface area contributed by atoms with Crippen molar-refractivity contribution < 1.29 is 33.3 Å². The molecule has 0 aliphatic rings. The zero-order valence-electron chi connectivity index (χ0n) is 12.6. The van der Waals surface area contributed by atoms with E-state index >= 15 is 0 Å². The molecule has 4 heteroatoms. The molecule has 1 amide bonds. The summed E-state index contributed by atoms with van der Waals surface area (Å²) >= 11 is 0. The number of rotatable bonds is 5. The fraction of sp³-hybridized carbons (Fsp3) is 0.533. The van der Waals surface area contributed by atoms with Gasteiger partial charge in [-0.1, -0.05) is 18.2 Å². The average molecular weight is 376 g/mol. The van der Waals surface area contributed by atoms with Gasteiger partial charge in [-0.3, -0.25) is 4.79 Å². The number of amides is 1. The summed E-state index contributed by atoms with van der Waals surface area (Å²) in [6, 6.07) is 6.06. The van der Waals surface area contributed by atoms with Crippen LogP contribution in [0.5, 0.6) is 0 Å². The molecule has 1 rings (SSSR count). The van der Waals surface area contributed by atoms with E-state index in [0.717, 1.165) is 34.4 Å². The van der Waals surface area contributed by atoms with Gasteiger partial charge in [0.05, 0.1) is 20.1 Å². The van der Waals surface area contributed by atoms with Gasteiger partial charge in [0.1, 0.15) is 0 Å². The molecule has 0 atom stereocenters. The van der Waals surface area contributed by atoms with Gasteiger partial charge in [0.25, 0.3) is 5.91 Å². The summed E-state index contributed by atoms with van der Waals surface area (Å²) in [5.74, 6) is 0.0959. The molecule has 3 nitrogen and oxygen atoms in total. The van der Waals surface area contributed by atoms with Crippen LogP contribution in [-0.2, 0) is 4.79 Å². The first-order chi connectivity index (χ1) is 8.41. The number of likely N-dealkylation sites (N-methyl/N-ethyl adjacent to an activating group) is 1. The monoisotopic (exact) mass is 376 g/mol. The number of anilines is 1. The second-order valence-electron chi connectivity index (χ2n) is 5.23. The van der Waals surface area contributed by atoms with Crippen molar-refractivity contribution in [3.63, 3.8) is 0 Å². The number of hydrogen-bond acceptors (Lipinski definition) is 1. The molecular formula is C15H25IN2O. The first kappa shape index (κ1) is 18.4. The third-order valence-electron chi connectivity index (χ3n) is 3.80. The number of benzene rings is 1. The molecule has 0 aliphatic carbocycles. The third kappa shape index (κ3) is 5.10. The highest BCUT2D eigenvalue weighted by Gasteiger charge is 2.21. The quantitative estimate of drug-likeness (QED) is 0.557. The Hall–Kier alpha value is -0.620. The van der Waals surface area contributed by atoms with Crippen LogP contribution >= 0.6 is 0 Å². The molecule has 0 saturated carbocycles. The number of nitrogens with one attached hydrogen (secondary N) is 1. The van der Waals surface area contributed by atoms with Crippen LogP contribution in [0.2, 0.25) is 0 Å². The number of aryl methyl sites for hydroxylation is 2. The summed E-state index contributed by atoms with van der Waals surface area (Å²) in [7, 11) is 2.12.